The molecule has 0 bridgehead atoms. The van der Waals surface area contributed by atoms with E-state index >= 15 is 0 Å². The molecular formula is C25H37F3N2O2S2. The molecule has 0 radical (unpaired) electrons. The van der Waals surface area contributed by atoms with Gasteiger partial charge in [0, 0.05) is 23.9 Å². The number of unbranched alkanes of at least 4 members (excludes halogenated alkanes) is 9. The predicted octanol–water partition coefficient (Wildman–Crippen LogP) is 7.21. The molecule has 0 spiro atoms. The second-order valence-corrected chi connectivity index (χ2v) is 11.9. The van der Waals surface area contributed by atoms with Crippen LogP contribution in [0.1, 0.15) is 93.2 Å². The van der Waals surface area contributed by atoms with Crippen LogP contribution in [0, 0.1) is 0 Å². The largest absolute Gasteiger partial charge is 0.416 e. The first kappa shape index (κ1) is 28.8. The average Bonchev–Trinajstić information content (AvgIpc) is 3.26. The summed E-state index contributed by atoms with van der Waals surface area (Å²) in [6.07, 6.45) is 7.86. The van der Waals surface area contributed by atoms with Crippen LogP contribution in [0.2, 0.25) is 0 Å². The lowest BCUT2D eigenvalue weighted by atomic mass is 10.0. The lowest BCUT2D eigenvalue weighted by Crippen LogP contribution is -2.23. The average molecular weight is 519 g/mol. The van der Waals surface area contributed by atoms with Crippen LogP contribution in [0.4, 0.5) is 13.2 Å². The quantitative estimate of drug-likeness (QED) is 0.231. The number of benzene rings is 1. The topological polar surface area (TPSA) is 72.2 Å². The standard InChI is InChI=1S/C25H37F3N2O2S2/c1-2-3-4-5-6-7-8-9-10-11-18-30-34(31,32)24-17-16-22(33-24)19-23(29)20-12-14-21(15-13-20)25(26,27)28/h12-17,23,30H,2-11,18-19,29H2,1H3. The first-order valence-electron chi connectivity index (χ1n) is 12.1. The Morgan fingerprint density at radius 2 is 1.44 bits per heavy atom. The highest BCUT2D eigenvalue weighted by molar-refractivity contribution is 7.91. The number of nitrogens with one attached hydrogen (secondary N) is 1. The minimum absolute atomic E-state index is 0.231. The minimum atomic E-state index is -4.39. The predicted molar refractivity (Wildman–Crippen MR) is 133 cm³/mol. The molecule has 0 saturated carbocycles. The zero-order valence-corrected chi connectivity index (χ0v) is 21.5. The highest BCUT2D eigenvalue weighted by Gasteiger charge is 2.30. The fraction of sp³-hybridized carbons (Fsp3) is 0.600. The van der Waals surface area contributed by atoms with Crippen molar-refractivity contribution in [2.24, 2.45) is 5.73 Å². The highest BCUT2D eigenvalue weighted by atomic mass is 32.2. The number of rotatable bonds is 16. The molecule has 0 amide bonds. The molecule has 1 aromatic carbocycles. The molecule has 1 heterocycles. The van der Waals surface area contributed by atoms with Gasteiger partial charge in [-0.25, -0.2) is 13.1 Å². The fourth-order valence-electron chi connectivity index (χ4n) is 3.76. The van der Waals surface area contributed by atoms with Crippen LogP contribution in [0.15, 0.2) is 40.6 Å². The van der Waals surface area contributed by atoms with Crippen LogP contribution in [0.5, 0.6) is 0 Å². The normalized spacial score (nSPS) is 13.3. The van der Waals surface area contributed by atoms with Crippen LogP contribution >= 0.6 is 11.3 Å². The molecule has 34 heavy (non-hydrogen) atoms. The summed E-state index contributed by atoms with van der Waals surface area (Å²) >= 11 is 1.14. The smallest absolute Gasteiger partial charge is 0.324 e. The summed E-state index contributed by atoms with van der Waals surface area (Å²) in [5.41, 5.74) is 6.00. The molecule has 192 valence electrons. The molecule has 1 aromatic heterocycles. The number of halogens is 3. The summed E-state index contributed by atoms with van der Waals surface area (Å²) in [5.74, 6) is 0. The van der Waals surface area contributed by atoms with Crippen molar-refractivity contribution in [3.05, 3.63) is 52.4 Å². The summed E-state index contributed by atoms with van der Waals surface area (Å²) < 4.78 is 66.2. The molecule has 0 aliphatic heterocycles. The van der Waals surface area contributed by atoms with Crippen molar-refractivity contribution in [2.75, 3.05) is 6.54 Å². The maximum absolute atomic E-state index is 12.7. The van der Waals surface area contributed by atoms with Gasteiger partial charge in [0.25, 0.3) is 0 Å². The van der Waals surface area contributed by atoms with Crippen molar-refractivity contribution >= 4 is 21.4 Å². The summed E-state index contributed by atoms with van der Waals surface area (Å²) in [6.45, 7) is 2.63. The zero-order valence-electron chi connectivity index (χ0n) is 19.9. The molecule has 0 saturated heterocycles. The maximum Gasteiger partial charge on any atom is 0.416 e. The summed E-state index contributed by atoms with van der Waals surface area (Å²) in [4.78, 5) is 0.770. The van der Waals surface area contributed by atoms with Crippen LogP contribution in [0.3, 0.4) is 0 Å². The minimum Gasteiger partial charge on any atom is -0.324 e. The molecule has 4 nitrogen and oxygen atoms in total. The van der Waals surface area contributed by atoms with Gasteiger partial charge >= 0.3 is 6.18 Å². The van der Waals surface area contributed by atoms with E-state index in [1.54, 1.807) is 12.1 Å². The molecule has 0 aliphatic rings. The van der Waals surface area contributed by atoms with Gasteiger partial charge in [0.05, 0.1) is 5.56 Å². The lowest BCUT2D eigenvalue weighted by molar-refractivity contribution is -0.137. The Kier molecular flexibility index (Phi) is 12.0. The van der Waals surface area contributed by atoms with Crippen molar-refractivity contribution in [2.45, 2.75) is 94.0 Å². The maximum atomic E-state index is 12.7. The molecular weight excluding hydrogens is 481 g/mol. The van der Waals surface area contributed by atoms with E-state index in [0.717, 1.165) is 47.6 Å². The van der Waals surface area contributed by atoms with Crippen LogP contribution in [-0.4, -0.2) is 15.0 Å². The van der Waals surface area contributed by atoms with Crippen molar-refractivity contribution in [3.63, 3.8) is 0 Å². The van der Waals surface area contributed by atoms with Gasteiger partial charge in [-0.3, -0.25) is 0 Å². The fourth-order valence-corrected chi connectivity index (χ4v) is 6.29. The molecule has 3 N–H and O–H groups in total. The van der Waals surface area contributed by atoms with Gasteiger partial charge in [0.2, 0.25) is 10.0 Å². The van der Waals surface area contributed by atoms with E-state index < -0.39 is 27.8 Å². The molecule has 2 aromatic rings. The van der Waals surface area contributed by atoms with Gasteiger partial charge in [0.1, 0.15) is 4.21 Å². The third kappa shape index (κ3) is 10.1. The van der Waals surface area contributed by atoms with Crippen LogP contribution in [0.25, 0.3) is 0 Å². The summed E-state index contributed by atoms with van der Waals surface area (Å²) in [5, 5.41) is 0. The van der Waals surface area contributed by atoms with Gasteiger partial charge in [-0.1, -0.05) is 76.8 Å². The lowest BCUT2D eigenvalue weighted by Gasteiger charge is -2.13. The second-order valence-electron chi connectivity index (χ2n) is 8.73. The number of thiophene rings is 1. The first-order valence-corrected chi connectivity index (χ1v) is 14.4. The Hall–Kier alpha value is -1.42. The molecule has 0 fully saturated rings. The Balaban J connectivity index is 1.71. The van der Waals surface area contributed by atoms with Gasteiger partial charge < -0.3 is 5.73 Å². The Labute approximate surface area is 206 Å². The number of hydrogen-bond donors (Lipinski definition) is 2. The van der Waals surface area contributed by atoms with E-state index in [1.165, 1.54) is 57.1 Å². The first-order chi connectivity index (χ1) is 16.1. The highest BCUT2D eigenvalue weighted by Crippen LogP contribution is 2.31. The Bertz CT molecular complexity index is 942. The van der Waals surface area contributed by atoms with E-state index in [4.69, 9.17) is 5.73 Å². The van der Waals surface area contributed by atoms with E-state index in [-0.39, 0.29) is 4.21 Å². The van der Waals surface area contributed by atoms with Gasteiger partial charge in [-0.05, 0) is 36.2 Å². The third-order valence-corrected chi connectivity index (χ3v) is 8.87. The Morgan fingerprint density at radius 3 is 2.00 bits per heavy atom. The number of hydrogen-bond acceptors (Lipinski definition) is 4. The second kappa shape index (κ2) is 14.2. The third-order valence-electron chi connectivity index (χ3n) is 5.81. The summed E-state index contributed by atoms with van der Waals surface area (Å²) in [6, 6.07) is 7.51. The van der Waals surface area contributed by atoms with Crippen molar-refractivity contribution in [1.29, 1.82) is 0 Å². The number of sulfonamides is 1. The molecule has 0 aliphatic carbocycles. The van der Waals surface area contributed by atoms with Gasteiger partial charge in [-0.2, -0.15) is 13.2 Å². The van der Waals surface area contributed by atoms with E-state index in [1.807, 2.05) is 0 Å². The SMILES string of the molecule is CCCCCCCCCCCCNS(=O)(=O)c1ccc(CC(N)c2ccc(C(F)(F)F)cc2)s1. The zero-order chi connectivity index (χ0) is 25.0. The molecule has 1 atom stereocenters. The summed E-state index contributed by atoms with van der Waals surface area (Å²) in [7, 11) is -3.57. The monoisotopic (exact) mass is 518 g/mol. The van der Waals surface area contributed by atoms with Crippen molar-refractivity contribution in [3.8, 4) is 0 Å². The number of alkyl halides is 3. The van der Waals surface area contributed by atoms with E-state index in [2.05, 4.69) is 11.6 Å². The molecule has 2 rings (SSSR count). The van der Waals surface area contributed by atoms with E-state index in [9.17, 15) is 21.6 Å². The van der Waals surface area contributed by atoms with Gasteiger partial charge in [0.15, 0.2) is 0 Å². The van der Waals surface area contributed by atoms with E-state index in [0.29, 0.717) is 18.5 Å². The molecule has 9 heteroatoms. The number of nitrogens with two attached hydrogens (primary N) is 1. The van der Waals surface area contributed by atoms with Crippen LogP contribution < -0.4 is 10.5 Å². The van der Waals surface area contributed by atoms with Gasteiger partial charge in [-0.15, -0.1) is 11.3 Å². The molecule has 1 unspecified atom stereocenters. The Morgan fingerprint density at radius 1 is 0.882 bits per heavy atom. The van der Waals surface area contributed by atoms with Crippen molar-refractivity contribution in [1.82, 2.24) is 4.72 Å². The van der Waals surface area contributed by atoms with Crippen LogP contribution in [-0.2, 0) is 22.6 Å². The van der Waals surface area contributed by atoms with Crippen molar-refractivity contribution < 1.29 is 21.6 Å².